The summed E-state index contributed by atoms with van der Waals surface area (Å²) in [6.45, 7) is 2.42. The van der Waals surface area contributed by atoms with Crippen LogP contribution in [0.25, 0.3) is 0 Å². The van der Waals surface area contributed by atoms with E-state index < -0.39 is 0 Å². The van der Waals surface area contributed by atoms with E-state index in [1.807, 2.05) is 12.1 Å². The first-order valence-electron chi connectivity index (χ1n) is 12.0. The number of rotatable bonds is 7. The van der Waals surface area contributed by atoms with Crippen molar-refractivity contribution in [2.45, 2.75) is 57.5 Å². The molecule has 1 aromatic carbocycles. The number of methoxy groups -OCH3 is 1. The molecule has 1 aromatic heterocycles. The predicted molar refractivity (Wildman–Crippen MR) is 128 cm³/mol. The van der Waals surface area contributed by atoms with Crippen LogP contribution in [0.5, 0.6) is 11.5 Å². The molecule has 182 valence electrons. The number of hydrogen-bond donors (Lipinski definition) is 3. The van der Waals surface area contributed by atoms with Crippen LogP contribution >= 0.6 is 0 Å². The Labute approximate surface area is 199 Å². The zero-order valence-electron chi connectivity index (χ0n) is 19.6. The molecule has 2 heterocycles. The zero-order chi connectivity index (χ0) is 23.9. The Morgan fingerprint density at radius 2 is 1.82 bits per heavy atom. The number of phenolic OH excluding ortho intramolecular Hbond substituents is 1. The molecule has 2 aliphatic rings. The highest BCUT2D eigenvalue weighted by Gasteiger charge is 2.26. The lowest BCUT2D eigenvalue weighted by Crippen LogP contribution is -2.44. The van der Waals surface area contributed by atoms with Crippen molar-refractivity contribution >= 4 is 17.6 Å². The van der Waals surface area contributed by atoms with Crippen molar-refractivity contribution < 1.29 is 19.4 Å². The Balaban J connectivity index is 1.30. The van der Waals surface area contributed by atoms with E-state index in [4.69, 9.17) is 4.74 Å². The van der Waals surface area contributed by atoms with Crippen LogP contribution in [-0.2, 0) is 11.3 Å². The highest BCUT2D eigenvalue weighted by atomic mass is 16.5. The third-order valence-electron chi connectivity index (χ3n) is 6.70. The topological polar surface area (TPSA) is 117 Å². The van der Waals surface area contributed by atoms with Gasteiger partial charge in [-0.3, -0.25) is 14.5 Å². The lowest BCUT2D eigenvalue weighted by atomic mass is 9.89. The Morgan fingerprint density at radius 1 is 1.09 bits per heavy atom. The Kier molecular flexibility index (Phi) is 7.95. The second kappa shape index (κ2) is 11.3. The number of piperidine rings is 1. The Morgan fingerprint density at radius 3 is 2.56 bits per heavy atom. The Hall–Kier alpha value is -3.20. The van der Waals surface area contributed by atoms with E-state index >= 15 is 0 Å². The van der Waals surface area contributed by atoms with Gasteiger partial charge in [-0.25, -0.2) is 9.97 Å². The van der Waals surface area contributed by atoms with Crippen molar-refractivity contribution in [1.82, 2.24) is 20.2 Å². The third kappa shape index (κ3) is 6.02. The van der Waals surface area contributed by atoms with Gasteiger partial charge >= 0.3 is 0 Å². The number of likely N-dealkylation sites (tertiary alicyclic amines) is 1. The van der Waals surface area contributed by atoms with Gasteiger partial charge in [-0.2, -0.15) is 0 Å². The lowest BCUT2D eigenvalue weighted by molar-refractivity contribution is -0.120. The smallest absolute Gasteiger partial charge is 0.273 e. The van der Waals surface area contributed by atoms with E-state index in [2.05, 4.69) is 25.5 Å². The second-order valence-electron chi connectivity index (χ2n) is 9.11. The van der Waals surface area contributed by atoms with Crippen molar-refractivity contribution in [3.8, 4) is 11.5 Å². The maximum atomic E-state index is 13.0. The summed E-state index contributed by atoms with van der Waals surface area (Å²) >= 11 is 0. The first-order valence-corrected chi connectivity index (χ1v) is 12.0. The molecule has 3 N–H and O–H groups in total. The average Bonchev–Trinajstić information content (AvgIpc) is 2.87. The first-order chi connectivity index (χ1) is 16.5. The first kappa shape index (κ1) is 23.9. The molecule has 0 spiro atoms. The molecule has 2 aromatic rings. The number of anilines is 1. The summed E-state index contributed by atoms with van der Waals surface area (Å²) in [7, 11) is 1.54. The van der Waals surface area contributed by atoms with Gasteiger partial charge in [-0.15, -0.1) is 0 Å². The SMILES string of the molecule is COc1cc(CN2CCC(NC(=O)c3nccnc3NC(=O)C3CCCCC3)CC2)ccc1O. The van der Waals surface area contributed by atoms with Crippen LogP contribution in [0.1, 0.15) is 61.0 Å². The summed E-state index contributed by atoms with van der Waals surface area (Å²) in [6.07, 6.45) is 9.63. The number of benzene rings is 1. The lowest BCUT2D eigenvalue weighted by Gasteiger charge is -2.32. The van der Waals surface area contributed by atoms with Crippen molar-refractivity contribution in [1.29, 1.82) is 0 Å². The number of carbonyl (C=O) groups excluding carboxylic acids is 2. The number of nitrogens with zero attached hydrogens (tertiary/aromatic N) is 3. The third-order valence-corrected chi connectivity index (χ3v) is 6.70. The summed E-state index contributed by atoms with van der Waals surface area (Å²) in [6, 6.07) is 5.41. The number of amides is 2. The molecular formula is C25H33N5O4. The molecule has 1 saturated carbocycles. The minimum absolute atomic E-state index is 0.0236. The summed E-state index contributed by atoms with van der Waals surface area (Å²) in [5, 5.41) is 15.7. The quantitative estimate of drug-likeness (QED) is 0.573. The normalized spacial score (nSPS) is 17.8. The zero-order valence-corrected chi connectivity index (χ0v) is 19.6. The van der Waals surface area contributed by atoms with Crippen LogP contribution in [-0.4, -0.2) is 58.0 Å². The van der Waals surface area contributed by atoms with Gasteiger partial charge in [-0.1, -0.05) is 25.3 Å². The molecule has 9 heteroatoms. The van der Waals surface area contributed by atoms with Crippen LogP contribution in [0.3, 0.4) is 0 Å². The fourth-order valence-electron chi connectivity index (χ4n) is 4.75. The molecule has 0 bridgehead atoms. The molecule has 0 atom stereocenters. The van der Waals surface area contributed by atoms with Crippen LogP contribution < -0.4 is 15.4 Å². The fourth-order valence-corrected chi connectivity index (χ4v) is 4.75. The van der Waals surface area contributed by atoms with Gasteiger partial charge in [0.15, 0.2) is 23.0 Å². The minimum Gasteiger partial charge on any atom is -0.504 e. The predicted octanol–water partition coefficient (Wildman–Crippen LogP) is 3.10. The van der Waals surface area contributed by atoms with Crippen molar-refractivity contribution in [2.75, 3.05) is 25.5 Å². The molecule has 4 rings (SSSR count). The highest BCUT2D eigenvalue weighted by Crippen LogP contribution is 2.28. The van der Waals surface area contributed by atoms with Gasteiger partial charge in [0.2, 0.25) is 5.91 Å². The summed E-state index contributed by atoms with van der Waals surface area (Å²) in [5.74, 6) is 0.419. The second-order valence-corrected chi connectivity index (χ2v) is 9.11. The highest BCUT2D eigenvalue weighted by molar-refractivity contribution is 6.01. The van der Waals surface area contributed by atoms with Gasteiger partial charge in [0.1, 0.15) is 0 Å². The molecule has 2 fully saturated rings. The molecule has 2 amide bonds. The van der Waals surface area contributed by atoms with E-state index in [0.29, 0.717) is 5.75 Å². The maximum absolute atomic E-state index is 13.0. The number of aromatic hydroxyl groups is 1. The molecule has 1 aliphatic carbocycles. The monoisotopic (exact) mass is 467 g/mol. The van der Waals surface area contributed by atoms with Gasteiger partial charge in [0.25, 0.3) is 5.91 Å². The van der Waals surface area contributed by atoms with Crippen LogP contribution in [0.4, 0.5) is 5.82 Å². The van der Waals surface area contributed by atoms with Crippen molar-refractivity contribution in [3.05, 3.63) is 41.9 Å². The van der Waals surface area contributed by atoms with Gasteiger partial charge in [-0.05, 0) is 43.4 Å². The molecule has 1 aliphatic heterocycles. The van der Waals surface area contributed by atoms with Crippen LogP contribution in [0, 0.1) is 5.92 Å². The molecule has 34 heavy (non-hydrogen) atoms. The number of nitrogens with one attached hydrogen (secondary N) is 2. The standard InChI is InChI=1S/C25H33N5O4/c1-34-21-15-17(7-8-20(21)31)16-30-13-9-19(10-14-30)28-25(33)22-23(27-12-11-26-22)29-24(32)18-5-3-2-4-6-18/h7-8,11-12,15,18-19,31H,2-6,9-10,13-14,16H2,1H3,(H,28,33)(H,27,29,32). The van der Waals surface area contributed by atoms with Gasteiger partial charge < -0.3 is 20.5 Å². The molecular weight excluding hydrogens is 434 g/mol. The number of hydrogen-bond acceptors (Lipinski definition) is 7. The van der Waals surface area contributed by atoms with Crippen LogP contribution in [0.15, 0.2) is 30.6 Å². The van der Waals surface area contributed by atoms with Crippen molar-refractivity contribution in [2.24, 2.45) is 5.92 Å². The number of carbonyl (C=O) groups is 2. The molecule has 0 radical (unpaired) electrons. The summed E-state index contributed by atoms with van der Waals surface area (Å²) < 4.78 is 5.19. The minimum atomic E-state index is -0.311. The van der Waals surface area contributed by atoms with E-state index in [1.165, 1.54) is 25.9 Å². The van der Waals surface area contributed by atoms with E-state index in [9.17, 15) is 14.7 Å². The number of aromatic nitrogens is 2. The largest absolute Gasteiger partial charge is 0.504 e. The maximum Gasteiger partial charge on any atom is 0.273 e. The van der Waals surface area contributed by atoms with Gasteiger partial charge in [0.05, 0.1) is 7.11 Å². The van der Waals surface area contributed by atoms with E-state index in [0.717, 1.165) is 63.7 Å². The van der Waals surface area contributed by atoms with Crippen molar-refractivity contribution in [3.63, 3.8) is 0 Å². The Bertz CT molecular complexity index is 1000. The van der Waals surface area contributed by atoms with Crippen LogP contribution in [0.2, 0.25) is 0 Å². The number of ether oxygens (including phenoxy) is 1. The number of phenols is 1. The fraction of sp³-hybridized carbons (Fsp3) is 0.520. The molecule has 0 unspecified atom stereocenters. The van der Waals surface area contributed by atoms with E-state index in [-0.39, 0.29) is 41.0 Å². The van der Waals surface area contributed by atoms with Gasteiger partial charge in [0, 0.05) is 44.0 Å². The molecule has 9 nitrogen and oxygen atoms in total. The summed E-state index contributed by atoms with van der Waals surface area (Å²) in [5.41, 5.74) is 1.22. The summed E-state index contributed by atoms with van der Waals surface area (Å²) in [4.78, 5) is 36.3. The molecule has 1 saturated heterocycles. The average molecular weight is 468 g/mol. The van der Waals surface area contributed by atoms with E-state index in [1.54, 1.807) is 6.07 Å².